The summed E-state index contributed by atoms with van der Waals surface area (Å²) in [7, 11) is 1.29. The third kappa shape index (κ3) is 1.85. The van der Waals surface area contributed by atoms with Crippen molar-refractivity contribution in [2.45, 2.75) is 25.0 Å². The number of methoxy groups -OCH3 is 1. The Morgan fingerprint density at radius 1 is 1.47 bits per heavy atom. The van der Waals surface area contributed by atoms with E-state index >= 15 is 0 Å². The van der Waals surface area contributed by atoms with Gasteiger partial charge in [-0.15, -0.1) is 0 Å². The van der Waals surface area contributed by atoms with E-state index in [1.165, 1.54) is 7.11 Å². The van der Waals surface area contributed by atoms with Gasteiger partial charge in [0.25, 0.3) is 0 Å². The standard InChI is InChI=1S/C10H14O5/c1-13-9(12)7-6-10(3-2-8(7)11)14-4-5-15-10/h11H,2-6H2,1H3. The van der Waals surface area contributed by atoms with E-state index in [0.29, 0.717) is 26.1 Å². The summed E-state index contributed by atoms with van der Waals surface area (Å²) < 4.78 is 15.6. The molecule has 1 aliphatic heterocycles. The summed E-state index contributed by atoms with van der Waals surface area (Å²) in [5, 5.41) is 9.58. The maximum Gasteiger partial charge on any atom is 0.337 e. The van der Waals surface area contributed by atoms with E-state index in [9.17, 15) is 9.90 Å². The molecule has 84 valence electrons. The molecule has 1 fully saturated rings. The van der Waals surface area contributed by atoms with E-state index in [1.807, 2.05) is 0 Å². The van der Waals surface area contributed by atoms with Crippen molar-refractivity contribution in [1.82, 2.24) is 0 Å². The van der Waals surface area contributed by atoms with Crippen molar-refractivity contribution in [2.24, 2.45) is 0 Å². The van der Waals surface area contributed by atoms with Crippen LogP contribution in [0.4, 0.5) is 0 Å². The fourth-order valence-corrected chi connectivity index (χ4v) is 1.98. The lowest BCUT2D eigenvalue weighted by atomic mass is 9.92. The zero-order valence-corrected chi connectivity index (χ0v) is 8.62. The van der Waals surface area contributed by atoms with Crippen molar-refractivity contribution in [3.05, 3.63) is 11.3 Å². The van der Waals surface area contributed by atoms with Crippen molar-refractivity contribution in [1.29, 1.82) is 0 Å². The summed E-state index contributed by atoms with van der Waals surface area (Å²) in [6, 6.07) is 0. The first-order chi connectivity index (χ1) is 7.17. The summed E-state index contributed by atoms with van der Waals surface area (Å²) in [6.07, 6.45) is 1.25. The summed E-state index contributed by atoms with van der Waals surface area (Å²) in [5.41, 5.74) is 0.269. The molecule has 0 unspecified atom stereocenters. The van der Waals surface area contributed by atoms with Crippen molar-refractivity contribution in [3.63, 3.8) is 0 Å². The second kappa shape index (κ2) is 3.83. The number of aliphatic hydroxyl groups excluding tert-OH is 1. The molecule has 2 rings (SSSR count). The van der Waals surface area contributed by atoms with Gasteiger partial charge in [0.05, 0.1) is 25.9 Å². The van der Waals surface area contributed by atoms with Gasteiger partial charge in [0.15, 0.2) is 5.79 Å². The van der Waals surface area contributed by atoms with Gasteiger partial charge in [-0.3, -0.25) is 0 Å². The lowest BCUT2D eigenvalue weighted by molar-refractivity contribution is -0.170. The van der Waals surface area contributed by atoms with E-state index in [2.05, 4.69) is 4.74 Å². The first-order valence-electron chi connectivity index (χ1n) is 4.94. The normalized spacial score (nSPS) is 24.6. The molecule has 0 amide bonds. The van der Waals surface area contributed by atoms with Gasteiger partial charge >= 0.3 is 5.97 Å². The second-order valence-electron chi connectivity index (χ2n) is 3.70. The maximum atomic E-state index is 11.4. The molecule has 1 N–H and O–H groups in total. The largest absolute Gasteiger partial charge is 0.512 e. The van der Waals surface area contributed by atoms with Crippen LogP contribution in [-0.4, -0.2) is 37.2 Å². The summed E-state index contributed by atoms with van der Waals surface area (Å²) in [6.45, 7) is 1.07. The zero-order valence-electron chi connectivity index (χ0n) is 8.62. The minimum absolute atomic E-state index is 0.0894. The van der Waals surface area contributed by atoms with E-state index in [1.54, 1.807) is 0 Å². The number of allylic oxidation sites excluding steroid dienone is 1. The van der Waals surface area contributed by atoms with Crippen LogP contribution in [0.15, 0.2) is 11.3 Å². The van der Waals surface area contributed by atoms with Gasteiger partial charge in [-0.1, -0.05) is 0 Å². The molecule has 2 aliphatic rings. The first-order valence-corrected chi connectivity index (χ1v) is 4.94. The number of rotatable bonds is 1. The van der Waals surface area contributed by atoms with Crippen molar-refractivity contribution >= 4 is 5.97 Å². The number of aliphatic hydroxyl groups is 1. The third-order valence-electron chi connectivity index (χ3n) is 2.78. The molecule has 1 heterocycles. The van der Waals surface area contributed by atoms with E-state index < -0.39 is 11.8 Å². The second-order valence-corrected chi connectivity index (χ2v) is 3.70. The Balaban J connectivity index is 2.18. The average molecular weight is 214 g/mol. The summed E-state index contributed by atoms with van der Waals surface area (Å²) in [4.78, 5) is 11.4. The van der Waals surface area contributed by atoms with Crippen LogP contribution in [-0.2, 0) is 19.0 Å². The molecule has 0 bridgehead atoms. The molecule has 0 aromatic heterocycles. The van der Waals surface area contributed by atoms with Gasteiger partial charge < -0.3 is 19.3 Å². The zero-order chi connectivity index (χ0) is 10.9. The first kappa shape index (κ1) is 10.4. The highest BCUT2D eigenvalue weighted by molar-refractivity contribution is 5.89. The number of esters is 1. The fraction of sp³-hybridized carbons (Fsp3) is 0.700. The molecule has 0 saturated carbocycles. The van der Waals surface area contributed by atoms with Crippen LogP contribution in [0.3, 0.4) is 0 Å². The Hall–Kier alpha value is -1.07. The van der Waals surface area contributed by atoms with Crippen molar-refractivity contribution < 1.29 is 24.1 Å². The highest BCUT2D eigenvalue weighted by Gasteiger charge is 2.42. The van der Waals surface area contributed by atoms with E-state index in [-0.39, 0.29) is 17.8 Å². The summed E-state index contributed by atoms with van der Waals surface area (Å²) in [5.74, 6) is -1.13. The van der Waals surface area contributed by atoms with Crippen LogP contribution >= 0.6 is 0 Å². The van der Waals surface area contributed by atoms with Crippen molar-refractivity contribution in [2.75, 3.05) is 20.3 Å². The van der Waals surface area contributed by atoms with Crippen LogP contribution in [0.5, 0.6) is 0 Å². The van der Waals surface area contributed by atoms with Crippen LogP contribution in [0.25, 0.3) is 0 Å². The smallest absolute Gasteiger partial charge is 0.337 e. The quantitative estimate of drug-likeness (QED) is 0.657. The summed E-state index contributed by atoms with van der Waals surface area (Å²) >= 11 is 0. The number of carbonyl (C=O) groups is 1. The monoisotopic (exact) mass is 214 g/mol. The van der Waals surface area contributed by atoms with Gasteiger partial charge in [-0.2, -0.15) is 0 Å². The minimum Gasteiger partial charge on any atom is -0.512 e. The van der Waals surface area contributed by atoms with Gasteiger partial charge in [0, 0.05) is 19.3 Å². The highest BCUT2D eigenvalue weighted by atomic mass is 16.7. The molecule has 0 aromatic carbocycles. The van der Waals surface area contributed by atoms with E-state index in [4.69, 9.17) is 9.47 Å². The van der Waals surface area contributed by atoms with Gasteiger partial charge in [-0.25, -0.2) is 4.79 Å². The lowest BCUT2D eigenvalue weighted by Gasteiger charge is -2.31. The predicted octanol–water partition coefficient (Wildman–Crippen LogP) is 0.898. The maximum absolute atomic E-state index is 11.4. The lowest BCUT2D eigenvalue weighted by Crippen LogP contribution is -2.35. The van der Waals surface area contributed by atoms with Crippen LogP contribution in [0.2, 0.25) is 0 Å². The molecule has 1 spiro atoms. The number of hydrogen-bond acceptors (Lipinski definition) is 5. The van der Waals surface area contributed by atoms with Gasteiger partial charge in [0.1, 0.15) is 5.76 Å². The number of carbonyl (C=O) groups excluding carboxylic acids is 1. The fourth-order valence-electron chi connectivity index (χ4n) is 1.98. The average Bonchev–Trinajstić information content (AvgIpc) is 2.70. The number of hydrogen-bond donors (Lipinski definition) is 1. The Labute approximate surface area is 87.6 Å². The molecule has 0 atom stereocenters. The molecule has 15 heavy (non-hydrogen) atoms. The van der Waals surface area contributed by atoms with Crippen LogP contribution < -0.4 is 0 Å². The minimum atomic E-state index is -0.713. The Bertz CT molecular complexity index is 301. The molecule has 1 aliphatic carbocycles. The van der Waals surface area contributed by atoms with Crippen molar-refractivity contribution in [3.8, 4) is 0 Å². The predicted molar refractivity (Wildman–Crippen MR) is 50.2 cm³/mol. The molecular weight excluding hydrogens is 200 g/mol. The Morgan fingerprint density at radius 2 is 2.13 bits per heavy atom. The number of ether oxygens (including phenoxy) is 3. The van der Waals surface area contributed by atoms with Crippen LogP contribution in [0, 0.1) is 0 Å². The molecule has 5 heteroatoms. The molecule has 1 saturated heterocycles. The van der Waals surface area contributed by atoms with Gasteiger partial charge in [-0.05, 0) is 0 Å². The highest BCUT2D eigenvalue weighted by Crippen LogP contribution is 2.38. The Morgan fingerprint density at radius 3 is 2.73 bits per heavy atom. The van der Waals surface area contributed by atoms with E-state index in [0.717, 1.165) is 0 Å². The third-order valence-corrected chi connectivity index (χ3v) is 2.78. The molecule has 0 aromatic rings. The Kier molecular flexibility index (Phi) is 2.67. The SMILES string of the molecule is COC(=O)C1=C(O)CCC2(C1)OCCO2. The topological polar surface area (TPSA) is 65.0 Å². The molecular formula is C10H14O5. The molecule has 5 nitrogen and oxygen atoms in total. The van der Waals surface area contributed by atoms with Gasteiger partial charge in [0.2, 0.25) is 0 Å². The molecule has 0 radical (unpaired) electrons. The van der Waals surface area contributed by atoms with Crippen LogP contribution in [0.1, 0.15) is 19.3 Å².